The van der Waals surface area contributed by atoms with E-state index in [1.165, 1.54) is 24.3 Å². The van der Waals surface area contributed by atoms with Crippen LogP contribution in [0.1, 0.15) is 11.1 Å². The summed E-state index contributed by atoms with van der Waals surface area (Å²) in [6, 6.07) is 9.94. The molecule has 0 spiro atoms. The molecule has 2 rings (SSSR count). The first-order valence-electron chi connectivity index (χ1n) is 9.87. The van der Waals surface area contributed by atoms with Gasteiger partial charge in [-0.25, -0.2) is 14.4 Å². The van der Waals surface area contributed by atoms with Gasteiger partial charge in [0.25, 0.3) is 0 Å². The van der Waals surface area contributed by atoms with E-state index in [0.29, 0.717) is 16.9 Å². The second-order valence-electron chi connectivity index (χ2n) is 6.96. The van der Waals surface area contributed by atoms with Gasteiger partial charge in [-0.05, 0) is 47.9 Å². The summed E-state index contributed by atoms with van der Waals surface area (Å²) in [5.41, 5.74) is 7.14. The zero-order valence-electron chi connectivity index (χ0n) is 17.7. The standard InChI is InChI=1S/C24H24N2O7/c1-3-21(28)26-20(14-16-5-9-17(27)10-6-16)24(31)33-23(30)19(25)13-15-7-11-18(12-8-15)32-22(29)4-2/h3-12,19-20,27H,1-2,13-14,25H2,(H,26,28)/t19-,20-/m0/s1. The normalized spacial score (nSPS) is 12.0. The Bertz CT molecular complexity index is 1030. The second-order valence-corrected chi connectivity index (χ2v) is 6.96. The van der Waals surface area contributed by atoms with Gasteiger partial charge in [0.2, 0.25) is 5.91 Å². The molecule has 9 nitrogen and oxygen atoms in total. The summed E-state index contributed by atoms with van der Waals surface area (Å²) in [6.45, 7) is 6.65. The maximum atomic E-state index is 12.6. The van der Waals surface area contributed by atoms with Gasteiger partial charge in [0.05, 0.1) is 0 Å². The fourth-order valence-electron chi connectivity index (χ4n) is 2.73. The van der Waals surface area contributed by atoms with E-state index in [1.807, 2.05) is 0 Å². The van der Waals surface area contributed by atoms with Crippen LogP contribution in [0.4, 0.5) is 0 Å². The van der Waals surface area contributed by atoms with Gasteiger partial charge in [-0.3, -0.25) is 4.79 Å². The fourth-order valence-corrected chi connectivity index (χ4v) is 2.73. The molecule has 0 fully saturated rings. The first-order chi connectivity index (χ1) is 15.7. The topological polar surface area (TPSA) is 145 Å². The number of hydrogen-bond acceptors (Lipinski definition) is 8. The van der Waals surface area contributed by atoms with Crippen LogP contribution in [0.5, 0.6) is 11.5 Å². The molecule has 2 atom stereocenters. The number of rotatable bonds is 10. The molecule has 0 saturated heterocycles. The monoisotopic (exact) mass is 452 g/mol. The molecule has 172 valence electrons. The van der Waals surface area contributed by atoms with Crippen LogP contribution in [0, 0.1) is 0 Å². The Morgan fingerprint density at radius 2 is 1.48 bits per heavy atom. The molecular weight excluding hydrogens is 428 g/mol. The van der Waals surface area contributed by atoms with Crippen LogP contribution < -0.4 is 15.8 Å². The van der Waals surface area contributed by atoms with Crippen LogP contribution in [-0.2, 0) is 36.8 Å². The van der Waals surface area contributed by atoms with E-state index >= 15 is 0 Å². The molecule has 0 aromatic heterocycles. The summed E-state index contributed by atoms with van der Waals surface area (Å²) < 4.78 is 9.86. The summed E-state index contributed by atoms with van der Waals surface area (Å²) >= 11 is 0. The van der Waals surface area contributed by atoms with Crippen molar-refractivity contribution >= 4 is 23.8 Å². The smallest absolute Gasteiger partial charge is 0.336 e. The number of phenolic OH excluding ortho intramolecular Hbond substituents is 1. The number of nitrogens with two attached hydrogens (primary N) is 1. The van der Waals surface area contributed by atoms with E-state index in [0.717, 1.165) is 12.2 Å². The first kappa shape index (κ1) is 25.0. The van der Waals surface area contributed by atoms with Crippen molar-refractivity contribution < 1.29 is 33.8 Å². The SMILES string of the molecule is C=CC(=O)N[C@@H](Cc1ccc(O)cc1)C(=O)OC(=O)[C@@H](N)Cc1ccc(OC(=O)C=C)cc1. The van der Waals surface area contributed by atoms with Crippen LogP contribution in [-0.4, -0.2) is 41.0 Å². The molecule has 0 aliphatic carbocycles. The molecule has 4 N–H and O–H groups in total. The lowest BCUT2D eigenvalue weighted by Crippen LogP contribution is -2.45. The maximum Gasteiger partial charge on any atom is 0.336 e. The number of nitrogens with one attached hydrogen (secondary N) is 1. The third kappa shape index (κ3) is 8.08. The number of carbonyl (C=O) groups excluding carboxylic acids is 4. The Balaban J connectivity index is 2.00. The molecule has 9 heteroatoms. The number of benzene rings is 2. The lowest BCUT2D eigenvalue weighted by atomic mass is 10.1. The molecule has 0 radical (unpaired) electrons. The molecule has 1 amide bonds. The molecule has 2 aromatic carbocycles. The van der Waals surface area contributed by atoms with Crippen molar-refractivity contribution in [2.24, 2.45) is 5.73 Å². The van der Waals surface area contributed by atoms with Gasteiger partial charge in [-0.1, -0.05) is 37.4 Å². The Hall–Kier alpha value is -4.24. The van der Waals surface area contributed by atoms with Crippen molar-refractivity contribution in [1.29, 1.82) is 0 Å². The lowest BCUT2D eigenvalue weighted by Gasteiger charge is -2.18. The Morgan fingerprint density at radius 3 is 2.06 bits per heavy atom. The van der Waals surface area contributed by atoms with Gasteiger partial charge < -0.3 is 25.6 Å². The number of carbonyl (C=O) groups is 4. The fraction of sp³-hybridized carbons (Fsp3) is 0.167. The maximum absolute atomic E-state index is 12.6. The Kier molecular flexibility index (Phi) is 9.07. The van der Waals surface area contributed by atoms with Crippen molar-refractivity contribution in [3.63, 3.8) is 0 Å². The molecule has 0 heterocycles. The van der Waals surface area contributed by atoms with Crippen molar-refractivity contribution in [3.8, 4) is 11.5 Å². The molecule has 0 aliphatic rings. The highest BCUT2D eigenvalue weighted by Crippen LogP contribution is 2.15. The van der Waals surface area contributed by atoms with Gasteiger partial charge in [0.15, 0.2) is 0 Å². The summed E-state index contributed by atoms with van der Waals surface area (Å²) in [6.07, 6.45) is 2.10. The molecule has 0 unspecified atom stereocenters. The molecule has 33 heavy (non-hydrogen) atoms. The average molecular weight is 452 g/mol. The van der Waals surface area contributed by atoms with Gasteiger partial charge in [0, 0.05) is 12.5 Å². The van der Waals surface area contributed by atoms with E-state index in [-0.39, 0.29) is 18.6 Å². The summed E-state index contributed by atoms with van der Waals surface area (Å²) in [4.78, 5) is 47.8. The number of amides is 1. The highest BCUT2D eigenvalue weighted by atomic mass is 16.6. The molecule has 2 aromatic rings. The number of hydrogen-bond donors (Lipinski definition) is 3. The van der Waals surface area contributed by atoms with Crippen LogP contribution in [0.3, 0.4) is 0 Å². The third-order valence-corrected chi connectivity index (χ3v) is 4.43. The van der Waals surface area contributed by atoms with Gasteiger partial charge in [-0.15, -0.1) is 0 Å². The zero-order valence-corrected chi connectivity index (χ0v) is 17.7. The Labute approximate surface area is 190 Å². The van der Waals surface area contributed by atoms with Gasteiger partial charge in [0.1, 0.15) is 23.6 Å². The summed E-state index contributed by atoms with van der Waals surface area (Å²) in [5.74, 6) is -2.83. The molecule has 0 aliphatic heterocycles. The summed E-state index contributed by atoms with van der Waals surface area (Å²) in [7, 11) is 0. The van der Waals surface area contributed by atoms with E-state index in [1.54, 1.807) is 24.3 Å². The minimum absolute atomic E-state index is 0.0199. The van der Waals surface area contributed by atoms with Crippen LogP contribution >= 0.6 is 0 Å². The first-order valence-corrected chi connectivity index (χ1v) is 9.87. The molecule has 0 saturated carbocycles. The van der Waals surface area contributed by atoms with Crippen molar-refractivity contribution in [2.75, 3.05) is 0 Å². The van der Waals surface area contributed by atoms with E-state index in [9.17, 15) is 24.3 Å². The van der Waals surface area contributed by atoms with Crippen molar-refractivity contribution in [2.45, 2.75) is 24.9 Å². The third-order valence-electron chi connectivity index (χ3n) is 4.43. The van der Waals surface area contributed by atoms with Crippen LogP contribution in [0.2, 0.25) is 0 Å². The minimum atomic E-state index is -1.17. The number of ether oxygens (including phenoxy) is 2. The zero-order chi connectivity index (χ0) is 24.4. The predicted molar refractivity (Wildman–Crippen MR) is 119 cm³/mol. The average Bonchev–Trinajstić information content (AvgIpc) is 2.80. The number of aromatic hydroxyl groups is 1. The van der Waals surface area contributed by atoms with Crippen LogP contribution in [0.15, 0.2) is 73.8 Å². The van der Waals surface area contributed by atoms with Gasteiger partial charge >= 0.3 is 17.9 Å². The van der Waals surface area contributed by atoms with Crippen molar-refractivity contribution in [1.82, 2.24) is 5.32 Å². The lowest BCUT2D eigenvalue weighted by molar-refractivity contribution is -0.162. The highest BCUT2D eigenvalue weighted by Gasteiger charge is 2.27. The minimum Gasteiger partial charge on any atom is -0.508 e. The van der Waals surface area contributed by atoms with E-state index in [4.69, 9.17) is 15.2 Å². The highest BCUT2D eigenvalue weighted by molar-refractivity contribution is 5.95. The van der Waals surface area contributed by atoms with E-state index < -0.39 is 35.9 Å². The Morgan fingerprint density at radius 1 is 0.909 bits per heavy atom. The predicted octanol–water partition coefficient (Wildman–Crippen LogP) is 1.34. The summed E-state index contributed by atoms with van der Waals surface area (Å²) in [5, 5.41) is 11.8. The van der Waals surface area contributed by atoms with Gasteiger partial charge in [-0.2, -0.15) is 0 Å². The van der Waals surface area contributed by atoms with Crippen molar-refractivity contribution in [3.05, 3.63) is 85.0 Å². The number of phenols is 1. The molecular formula is C24H24N2O7. The largest absolute Gasteiger partial charge is 0.508 e. The number of esters is 3. The molecule has 0 bridgehead atoms. The quantitative estimate of drug-likeness (QED) is 0.212. The van der Waals surface area contributed by atoms with Crippen LogP contribution in [0.25, 0.3) is 0 Å². The van der Waals surface area contributed by atoms with E-state index in [2.05, 4.69) is 18.5 Å². The second kappa shape index (κ2) is 12.0.